The Morgan fingerprint density at radius 3 is 2.50 bits per heavy atom. The van der Waals surface area contributed by atoms with Gasteiger partial charge in [-0.2, -0.15) is 17.5 Å². The van der Waals surface area contributed by atoms with Crippen molar-refractivity contribution in [2.75, 3.05) is 25.5 Å². The second kappa shape index (κ2) is 6.27. The minimum Gasteiger partial charge on any atom is -0.372 e. The van der Waals surface area contributed by atoms with Gasteiger partial charge in [-0.05, 0) is 22.0 Å². The van der Waals surface area contributed by atoms with Gasteiger partial charge < -0.3 is 5.32 Å². The summed E-state index contributed by atoms with van der Waals surface area (Å²) in [5.74, 6) is -0.00572. The zero-order valence-electron chi connectivity index (χ0n) is 10.7. The van der Waals surface area contributed by atoms with Gasteiger partial charge in [-0.1, -0.05) is 6.92 Å². The molecule has 0 saturated carbocycles. The molecule has 5 nitrogen and oxygen atoms in total. The van der Waals surface area contributed by atoms with E-state index >= 15 is 0 Å². The third-order valence-electron chi connectivity index (χ3n) is 2.38. The second-order valence-electron chi connectivity index (χ2n) is 3.80. The SMILES string of the molecule is CCN(CC(F)(F)F)S(=O)(=O)c1cc(Br)cnc1NC. The minimum atomic E-state index is -4.61. The number of sulfonamides is 1. The monoisotopic (exact) mass is 375 g/mol. The number of pyridine rings is 1. The third kappa shape index (κ3) is 4.06. The molecule has 0 radical (unpaired) electrons. The maximum absolute atomic E-state index is 12.5. The quantitative estimate of drug-likeness (QED) is 0.858. The van der Waals surface area contributed by atoms with Crippen LogP contribution in [0.4, 0.5) is 19.0 Å². The molecule has 0 aliphatic carbocycles. The van der Waals surface area contributed by atoms with Crippen molar-refractivity contribution in [1.82, 2.24) is 9.29 Å². The van der Waals surface area contributed by atoms with E-state index in [1.54, 1.807) is 0 Å². The Hall–Kier alpha value is -0.870. The van der Waals surface area contributed by atoms with Crippen LogP contribution in [0.3, 0.4) is 0 Å². The van der Waals surface area contributed by atoms with Crippen molar-refractivity contribution in [1.29, 1.82) is 0 Å². The number of nitrogens with zero attached hydrogens (tertiary/aromatic N) is 2. The number of anilines is 1. The van der Waals surface area contributed by atoms with E-state index in [0.29, 0.717) is 8.78 Å². The molecule has 0 spiro atoms. The average Bonchev–Trinajstić information content (AvgIpc) is 2.34. The molecule has 10 heteroatoms. The molecule has 0 aromatic carbocycles. The van der Waals surface area contributed by atoms with Crippen LogP contribution in [0.2, 0.25) is 0 Å². The Morgan fingerprint density at radius 1 is 1.45 bits per heavy atom. The summed E-state index contributed by atoms with van der Waals surface area (Å²) in [4.78, 5) is 3.53. The Labute approximate surface area is 123 Å². The second-order valence-corrected chi connectivity index (χ2v) is 6.62. The van der Waals surface area contributed by atoms with E-state index in [9.17, 15) is 21.6 Å². The summed E-state index contributed by atoms with van der Waals surface area (Å²) in [6, 6.07) is 1.22. The van der Waals surface area contributed by atoms with E-state index in [2.05, 4.69) is 26.2 Å². The molecule has 1 N–H and O–H groups in total. The van der Waals surface area contributed by atoms with E-state index in [1.807, 2.05) is 0 Å². The van der Waals surface area contributed by atoms with E-state index in [-0.39, 0.29) is 17.3 Å². The number of rotatable bonds is 5. The standard InChI is InChI=1S/C10H13BrF3N3O2S/c1-3-17(6-10(12,13)14)20(18,19)8-4-7(11)5-16-9(8)15-2/h4-5H,3,6H2,1-2H3,(H,15,16). The van der Waals surface area contributed by atoms with Crippen molar-refractivity contribution < 1.29 is 21.6 Å². The molecule has 0 amide bonds. The molecule has 0 atom stereocenters. The highest BCUT2D eigenvalue weighted by Gasteiger charge is 2.37. The molecule has 0 saturated heterocycles. The summed E-state index contributed by atoms with van der Waals surface area (Å²) in [5.41, 5.74) is 0. The van der Waals surface area contributed by atoms with E-state index < -0.39 is 22.7 Å². The molecule has 0 fully saturated rings. The summed E-state index contributed by atoms with van der Waals surface area (Å²) >= 11 is 3.05. The summed E-state index contributed by atoms with van der Waals surface area (Å²) in [6.07, 6.45) is -3.26. The van der Waals surface area contributed by atoms with Crippen LogP contribution in [0.25, 0.3) is 0 Å². The summed E-state index contributed by atoms with van der Waals surface area (Å²) in [7, 11) is -2.85. The van der Waals surface area contributed by atoms with Gasteiger partial charge in [-0.15, -0.1) is 0 Å². The summed E-state index contributed by atoms with van der Waals surface area (Å²) in [5, 5.41) is 2.55. The van der Waals surface area contributed by atoms with Gasteiger partial charge in [0.1, 0.15) is 17.3 Å². The largest absolute Gasteiger partial charge is 0.402 e. The summed E-state index contributed by atoms with van der Waals surface area (Å²) < 4.78 is 62.7. The average molecular weight is 376 g/mol. The van der Waals surface area contributed by atoms with E-state index in [0.717, 1.165) is 0 Å². The van der Waals surface area contributed by atoms with E-state index in [1.165, 1.54) is 26.2 Å². The smallest absolute Gasteiger partial charge is 0.372 e. The van der Waals surface area contributed by atoms with Crippen LogP contribution in [0.15, 0.2) is 21.6 Å². The number of hydrogen-bond donors (Lipinski definition) is 1. The molecular weight excluding hydrogens is 363 g/mol. The van der Waals surface area contributed by atoms with Crippen LogP contribution in [0.1, 0.15) is 6.92 Å². The van der Waals surface area contributed by atoms with Crippen molar-refractivity contribution in [3.63, 3.8) is 0 Å². The Morgan fingerprint density at radius 2 is 2.05 bits per heavy atom. The highest BCUT2D eigenvalue weighted by Crippen LogP contribution is 2.28. The van der Waals surface area contributed by atoms with Gasteiger partial charge in [0, 0.05) is 24.3 Å². The first-order chi connectivity index (χ1) is 9.11. The number of halogens is 4. The molecule has 1 aromatic rings. The zero-order chi connectivity index (χ0) is 15.6. The van der Waals surface area contributed by atoms with Crippen LogP contribution in [-0.2, 0) is 10.0 Å². The molecule has 0 aliphatic rings. The van der Waals surface area contributed by atoms with E-state index in [4.69, 9.17) is 0 Å². The van der Waals surface area contributed by atoms with Gasteiger partial charge in [-0.25, -0.2) is 13.4 Å². The molecule has 1 heterocycles. The van der Waals surface area contributed by atoms with Gasteiger partial charge in [0.15, 0.2) is 0 Å². The fraction of sp³-hybridized carbons (Fsp3) is 0.500. The zero-order valence-corrected chi connectivity index (χ0v) is 13.1. The fourth-order valence-corrected chi connectivity index (χ4v) is 3.60. The maximum atomic E-state index is 12.5. The molecular formula is C10H13BrF3N3O2S. The highest BCUT2D eigenvalue weighted by molar-refractivity contribution is 9.10. The highest BCUT2D eigenvalue weighted by atomic mass is 79.9. The van der Waals surface area contributed by atoms with Gasteiger partial charge in [-0.3, -0.25) is 0 Å². The number of hydrogen-bond acceptors (Lipinski definition) is 4. The number of aromatic nitrogens is 1. The molecule has 20 heavy (non-hydrogen) atoms. The van der Waals surface area contributed by atoms with Crippen molar-refractivity contribution in [2.24, 2.45) is 0 Å². The van der Waals surface area contributed by atoms with Crippen LogP contribution in [0.5, 0.6) is 0 Å². The normalized spacial score (nSPS) is 12.8. The lowest BCUT2D eigenvalue weighted by molar-refractivity contribution is -0.135. The first kappa shape index (κ1) is 17.2. The molecule has 0 unspecified atom stereocenters. The predicted octanol–water partition coefficient (Wildman–Crippen LogP) is 2.46. The Bertz CT molecular complexity index is 578. The predicted molar refractivity (Wildman–Crippen MR) is 72.0 cm³/mol. The fourth-order valence-electron chi connectivity index (χ4n) is 1.51. The lowest BCUT2D eigenvalue weighted by Gasteiger charge is -2.22. The van der Waals surface area contributed by atoms with Crippen molar-refractivity contribution in [2.45, 2.75) is 18.0 Å². The van der Waals surface area contributed by atoms with Gasteiger partial charge >= 0.3 is 6.18 Å². The topological polar surface area (TPSA) is 62.3 Å². The molecule has 1 rings (SSSR count). The first-order valence-corrected chi connectivity index (χ1v) is 7.75. The lowest BCUT2D eigenvalue weighted by atomic mass is 10.4. The molecule has 114 valence electrons. The Kier molecular flexibility index (Phi) is 5.39. The molecule has 0 aliphatic heterocycles. The molecule has 1 aromatic heterocycles. The van der Waals surface area contributed by atoms with Gasteiger partial charge in [0.2, 0.25) is 10.0 Å². The number of alkyl halides is 3. The van der Waals surface area contributed by atoms with Crippen LogP contribution < -0.4 is 5.32 Å². The number of nitrogens with one attached hydrogen (secondary N) is 1. The minimum absolute atomic E-state index is 0.00572. The van der Waals surface area contributed by atoms with Crippen molar-refractivity contribution >= 4 is 31.8 Å². The summed E-state index contributed by atoms with van der Waals surface area (Å²) in [6.45, 7) is -0.493. The molecule has 0 bridgehead atoms. The maximum Gasteiger partial charge on any atom is 0.402 e. The van der Waals surface area contributed by atoms with Crippen LogP contribution in [-0.4, -0.2) is 44.0 Å². The third-order valence-corrected chi connectivity index (χ3v) is 4.75. The van der Waals surface area contributed by atoms with Crippen LogP contribution in [0, 0.1) is 0 Å². The van der Waals surface area contributed by atoms with Crippen LogP contribution >= 0.6 is 15.9 Å². The van der Waals surface area contributed by atoms with Crippen molar-refractivity contribution in [3.05, 3.63) is 16.7 Å². The Balaban J connectivity index is 3.30. The van der Waals surface area contributed by atoms with Crippen molar-refractivity contribution in [3.8, 4) is 0 Å². The first-order valence-electron chi connectivity index (χ1n) is 5.52. The van der Waals surface area contributed by atoms with Gasteiger partial charge in [0.05, 0.1) is 0 Å². The van der Waals surface area contributed by atoms with Gasteiger partial charge in [0.25, 0.3) is 0 Å². The lowest BCUT2D eigenvalue weighted by Crippen LogP contribution is -2.39.